The van der Waals surface area contributed by atoms with Gasteiger partial charge in [0.1, 0.15) is 0 Å². The average molecular weight is 249 g/mol. The van der Waals surface area contributed by atoms with Gasteiger partial charge in [-0.3, -0.25) is 0 Å². The number of carbonyl (C=O) groups is 1. The van der Waals surface area contributed by atoms with Gasteiger partial charge in [0.25, 0.3) is 0 Å². The Balaban J connectivity index is 2.13. The van der Waals surface area contributed by atoms with Crippen LogP contribution in [0.1, 0.15) is 18.0 Å². The maximum atomic E-state index is 11.9. The van der Waals surface area contributed by atoms with Crippen molar-refractivity contribution in [3.63, 3.8) is 0 Å². The van der Waals surface area contributed by atoms with E-state index in [-0.39, 0.29) is 12.1 Å². The van der Waals surface area contributed by atoms with E-state index in [1.807, 2.05) is 23.1 Å². The summed E-state index contributed by atoms with van der Waals surface area (Å²) in [6.45, 7) is 4.64. The van der Waals surface area contributed by atoms with Gasteiger partial charge in [-0.25, -0.2) is 4.79 Å². The number of benzene rings is 1. The van der Waals surface area contributed by atoms with Gasteiger partial charge in [-0.2, -0.15) is 0 Å². The third-order valence-electron chi connectivity index (χ3n) is 3.58. The minimum absolute atomic E-state index is 0.0193. The van der Waals surface area contributed by atoms with Gasteiger partial charge in [0.05, 0.1) is 6.04 Å². The Bertz CT molecular complexity index is 500. The fraction of sp³-hybridized carbons (Fsp3) is 0.308. The Hall–Kier alpha value is -1.48. The van der Waals surface area contributed by atoms with E-state index in [1.54, 1.807) is 6.07 Å². The summed E-state index contributed by atoms with van der Waals surface area (Å²) < 4.78 is 0. The molecule has 1 fully saturated rings. The van der Waals surface area contributed by atoms with Crippen LogP contribution in [0.3, 0.4) is 0 Å². The molecule has 17 heavy (non-hydrogen) atoms. The molecule has 2 aliphatic heterocycles. The van der Waals surface area contributed by atoms with E-state index in [2.05, 4.69) is 11.9 Å². The molecule has 2 amide bonds. The highest BCUT2D eigenvalue weighted by atomic mass is 35.5. The molecule has 0 aliphatic carbocycles. The minimum atomic E-state index is -0.0193. The van der Waals surface area contributed by atoms with Gasteiger partial charge in [0.15, 0.2) is 0 Å². The third kappa shape index (κ3) is 1.53. The summed E-state index contributed by atoms with van der Waals surface area (Å²) in [4.78, 5) is 13.8. The molecule has 2 aliphatic rings. The summed E-state index contributed by atoms with van der Waals surface area (Å²) in [6, 6.07) is 5.68. The van der Waals surface area contributed by atoms with Gasteiger partial charge < -0.3 is 10.2 Å². The van der Waals surface area contributed by atoms with E-state index < -0.39 is 0 Å². The lowest BCUT2D eigenvalue weighted by Gasteiger charge is -2.34. The molecule has 0 radical (unpaired) electrons. The highest BCUT2D eigenvalue weighted by Crippen LogP contribution is 2.44. The van der Waals surface area contributed by atoms with E-state index in [1.165, 1.54) is 0 Å². The lowest BCUT2D eigenvalue weighted by Crippen LogP contribution is -2.39. The second-order valence-corrected chi connectivity index (χ2v) is 4.92. The number of nitrogens with zero attached hydrogens (tertiary/aromatic N) is 1. The second-order valence-electron chi connectivity index (χ2n) is 4.49. The number of carbonyl (C=O) groups excluding carboxylic acids is 1. The van der Waals surface area contributed by atoms with E-state index in [0.29, 0.717) is 10.9 Å². The number of nitrogens with one attached hydrogen (secondary N) is 1. The molecular weight excluding hydrogens is 236 g/mol. The Morgan fingerprint density at radius 2 is 2.35 bits per heavy atom. The number of rotatable bonds is 1. The molecule has 0 spiro atoms. The molecule has 0 aromatic heterocycles. The standard InChI is InChI=1S/C13H13ClN2O/c1-2-8-5-6-16-12(8)10-7-9(14)3-4-11(10)15-13(16)17/h2-4,7-8,12H,1,5-6H2,(H,15,17)/t8-,12+/m1/s1. The van der Waals surface area contributed by atoms with E-state index in [0.717, 1.165) is 24.2 Å². The first-order chi connectivity index (χ1) is 8.20. The van der Waals surface area contributed by atoms with Gasteiger partial charge in [-0.05, 0) is 24.6 Å². The molecular formula is C13H13ClN2O. The maximum Gasteiger partial charge on any atom is 0.322 e. The molecule has 0 saturated carbocycles. The third-order valence-corrected chi connectivity index (χ3v) is 3.82. The molecule has 4 heteroatoms. The lowest BCUT2D eigenvalue weighted by atomic mass is 9.91. The molecule has 0 unspecified atom stereocenters. The summed E-state index contributed by atoms with van der Waals surface area (Å²) >= 11 is 6.04. The predicted molar refractivity (Wildman–Crippen MR) is 68.2 cm³/mol. The number of hydrogen-bond donors (Lipinski definition) is 1. The fourth-order valence-corrected chi connectivity index (χ4v) is 2.95. The summed E-state index contributed by atoms with van der Waals surface area (Å²) in [5.41, 5.74) is 1.97. The van der Waals surface area contributed by atoms with Crippen LogP contribution >= 0.6 is 11.6 Å². The molecule has 1 aromatic rings. The summed E-state index contributed by atoms with van der Waals surface area (Å²) in [5, 5.41) is 3.60. The van der Waals surface area contributed by atoms with Gasteiger partial charge in [-0.15, -0.1) is 6.58 Å². The van der Waals surface area contributed by atoms with Crippen LogP contribution in [0.15, 0.2) is 30.9 Å². The average Bonchev–Trinajstić information content (AvgIpc) is 2.75. The number of amides is 2. The van der Waals surface area contributed by atoms with Crippen LogP contribution in [0.4, 0.5) is 10.5 Å². The van der Waals surface area contributed by atoms with E-state index in [9.17, 15) is 4.79 Å². The number of urea groups is 1. The van der Waals surface area contributed by atoms with Crippen LogP contribution in [-0.2, 0) is 0 Å². The molecule has 1 saturated heterocycles. The lowest BCUT2D eigenvalue weighted by molar-refractivity contribution is 0.200. The van der Waals surface area contributed by atoms with Crippen molar-refractivity contribution in [2.24, 2.45) is 5.92 Å². The SMILES string of the molecule is C=C[C@@H]1CCN2C(=O)Nc3ccc(Cl)cc3[C@H]12. The van der Waals surface area contributed by atoms with Crippen molar-refractivity contribution >= 4 is 23.3 Å². The first-order valence-electron chi connectivity index (χ1n) is 5.70. The summed E-state index contributed by atoms with van der Waals surface area (Å²) in [5.74, 6) is 0.318. The molecule has 1 N–H and O–H groups in total. The smallest absolute Gasteiger partial charge is 0.317 e. The van der Waals surface area contributed by atoms with Crippen molar-refractivity contribution in [3.05, 3.63) is 41.4 Å². The number of anilines is 1. The molecule has 2 heterocycles. The Kier molecular flexibility index (Phi) is 2.37. The van der Waals surface area contributed by atoms with Crippen molar-refractivity contribution in [3.8, 4) is 0 Å². The van der Waals surface area contributed by atoms with Crippen LogP contribution in [0.25, 0.3) is 0 Å². The van der Waals surface area contributed by atoms with E-state index >= 15 is 0 Å². The molecule has 3 rings (SSSR count). The molecule has 3 nitrogen and oxygen atoms in total. The quantitative estimate of drug-likeness (QED) is 0.759. The molecule has 88 valence electrons. The Morgan fingerprint density at radius 3 is 3.12 bits per heavy atom. The van der Waals surface area contributed by atoms with Crippen molar-refractivity contribution in [1.29, 1.82) is 0 Å². The predicted octanol–water partition coefficient (Wildman–Crippen LogP) is 3.43. The first-order valence-corrected chi connectivity index (χ1v) is 6.08. The highest BCUT2D eigenvalue weighted by Gasteiger charge is 2.40. The monoisotopic (exact) mass is 248 g/mol. The topological polar surface area (TPSA) is 32.3 Å². The first kappa shape index (κ1) is 10.7. The van der Waals surface area contributed by atoms with Crippen LogP contribution in [0.2, 0.25) is 5.02 Å². The number of halogens is 1. The summed E-state index contributed by atoms with van der Waals surface area (Å²) in [7, 11) is 0. The number of fused-ring (bicyclic) bond motifs is 3. The van der Waals surface area contributed by atoms with Crippen LogP contribution in [0.5, 0.6) is 0 Å². The molecule has 2 atom stereocenters. The Labute approximate surface area is 105 Å². The summed E-state index contributed by atoms with van der Waals surface area (Å²) in [6.07, 6.45) is 2.90. The molecule has 1 aromatic carbocycles. The zero-order valence-electron chi connectivity index (χ0n) is 9.32. The highest BCUT2D eigenvalue weighted by molar-refractivity contribution is 6.30. The van der Waals surface area contributed by atoms with Gasteiger partial charge in [0.2, 0.25) is 0 Å². The van der Waals surface area contributed by atoms with Crippen LogP contribution in [-0.4, -0.2) is 17.5 Å². The van der Waals surface area contributed by atoms with E-state index in [4.69, 9.17) is 11.6 Å². The van der Waals surface area contributed by atoms with Crippen LogP contribution < -0.4 is 5.32 Å². The zero-order valence-corrected chi connectivity index (χ0v) is 10.1. The van der Waals surface area contributed by atoms with Gasteiger partial charge in [0, 0.05) is 28.7 Å². The Morgan fingerprint density at radius 1 is 1.53 bits per heavy atom. The van der Waals surface area contributed by atoms with Crippen molar-refractivity contribution in [2.45, 2.75) is 12.5 Å². The largest absolute Gasteiger partial charge is 0.322 e. The molecule has 0 bridgehead atoms. The number of hydrogen-bond acceptors (Lipinski definition) is 1. The zero-order chi connectivity index (χ0) is 12.0. The van der Waals surface area contributed by atoms with Crippen LogP contribution in [0, 0.1) is 5.92 Å². The van der Waals surface area contributed by atoms with Gasteiger partial charge in [-0.1, -0.05) is 17.7 Å². The van der Waals surface area contributed by atoms with Crippen molar-refractivity contribution < 1.29 is 4.79 Å². The normalized spacial score (nSPS) is 26.2. The second kappa shape index (κ2) is 3.77. The van der Waals surface area contributed by atoms with Gasteiger partial charge >= 0.3 is 6.03 Å². The van der Waals surface area contributed by atoms with Crippen molar-refractivity contribution in [1.82, 2.24) is 4.90 Å². The fourth-order valence-electron chi connectivity index (χ4n) is 2.77. The van der Waals surface area contributed by atoms with Crippen molar-refractivity contribution in [2.75, 3.05) is 11.9 Å². The maximum absolute atomic E-state index is 11.9. The minimum Gasteiger partial charge on any atom is -0.317 e.